The molecule has 8 heteroatoms. The van der Waals surface area contributed by atoms with Crippen molar-refractivity contribution in [2.24, 2.45) is 0 Å². The summed E-state index contributed by atoms with van der Waals surface area (Å²) in [4.78, 5) is 12.2. The lowest BCUT2D eigenvalue weighted by atomic mass is 10.1. The zero-order valence-corrected chi connectivity index (χ0v) is 15.3. The average molecular weight is 401 g/mol. The first-order valence-corrected chi connectivity index (χ1v) is 8.50. The van der Waals surface area contributed by atoms with Crippen molar-refractivity contribution >= 4 is 17.6 Å². The summed E-state index contributed by atoms with van der Waals surface area (Å²) in [5, 5.41) is 11.2. The normalized spacial score (nSPS) is 12.8. The van der Waals surface area contributed by atoms with Crippen molar-refractivity contribution in [1.29, 1.82) is 0 Å². The molecule has 0 radical (unpaired) electrons. The number of alkyl halides is 3. The van der Waals surface area contributed by atoms with Gasteiger partial charge in [-0.05, 0) is 49.0 Å². The van der Waals surface area contributed by atoms with Crippen LogP contribution in [0.15, 0.2) is 48.5 Å². The maximum Gasteiger partial charge on any atom is 0.416 e. The molecule has 27 heavy (non-hydrogen) atoms. The molecule has 0 heterocycles. The van der Waals surface area contributed by atoms with Crippen molar-refractivity contribution in [2.75, 3.05) is 20.1 Å². The quantitative estimate of drug-likeness (QED) is 0.680. The van der Waals surface area contributed by atoms with Gasteiger partial charge in [0.05, 0.1) is 11.5 Å². The zero-order chi connectivity index (χ0) is 20.0. The molecule has 2 aromatic carbocycles. The van der Waals surface area contributed by atoms with Gasteiger partial charge in [0.15, 0.2) is 0 Å². The molecule has 0 saturated heterocycles. The highest BCUT2D eigenvalue weighted by atomic mass is 35.5. The molecular weight excluding hydrogens is 383 g/mol. The molecule has 0 aliphatic rings. The number of nitrogens with zero attached hydrogens (tertiary/aromatic N) is 1. The van der Waals surface area contributed by atoms with Crippen molar-refractivity contribution in [3.63, 3.8) is 0 Å². The van der Waals surface area contributed by atoms with Crippen molar-refractivity contribution in [3.05, 3.63) is 64.7 Å². The van der Waals surface area contributed by atoms with E-state index in [-0.39, 0.29) is 12.3 Å². The summed E-state index contributed by atoms with van der Waals surface area (Å²) >= 11 is 5.89. The highest BCUT2D eigenvalue weighted by Gasteiger charge is 2.30. The lowest BCUT2D eigenvalue weighted by molar-refractivity contribution is -0.306. The van der Waals surface area contributed by atoms with Crippen LogP contribution in [0, 0.1) is 0 Å². The fourth-order valence-electron chi connectivity index (χ4n) is 2.49. The Morgan fingerprint density at radius 2 is 1.74 bits per heavy atom. The number of benzene rings is 2. The number of hydrogen-bond acceptors (Lipinski definition) is 4. The first-order chi connectivity index (χ1) is 12.6. The lowest BCUT2D eigenvalue weighted by Crippen LogP contribution is -2.36. The number of rotatable bonds is 8. The fourth-order valence-corrected chi connectivity index (χ4v) is 2.62. The lowest BCUT2D eigenvalue weighted by Gasteiger charge is -2.23. The van der Waals surface area contributed by atoms with E-state index in [0.29, 0.717) is 18.0 Å². The van der Waals surface area contributed by atoms with Gasteiger partial charge in [-0.1, -0.05) is 23.7 Å². The van der Waals surface area contributed by atoms with Crippen LogP contribution >= 0.6 is 11.6 Å². The van der Waals surface area contributed by atoms with Crippen LogP contribution in [0.2, 0.25) is 5.02 Å². The summed E-state index contributed by atoms with van der Waals surface area (Å²) in [5.41, 5.74) is 0.0210. The molecule has 0 aliphatic heterocycles. The minimum atomic E-state index is -4.41. The first-order valence-electron chi connectivity index (χ1n) is 8.13. The van der Waals surface area contributed by atoms with E-state index in [2.05, 4.69) is 0 Å². The van der Waals surface area contributed by atoms with Gasteiger partial charge in [0.25, 0.3) is 0 Å². The highest BCUT2D eigenvalue weighted by molar-refractivity contribution is 6.30. The fraction of sp³-hybridized carbons (Fsp3) is 0.316. The number of carbonyl (C=O) groups excluding carboxylic acids is 1. The summed E-state index contributed by atoms with van der Waals surface area (Å²) in [5.74, 6) is -0.908. The Hall–Kier alpha value is -2.25. The molecule has 2 aromatic rings. The molecule has 146 valence electrons. The number of aliphatic carboxylic acids is 1. The van der Waals surface area contributed by atoms with E-state index in [0.717, 1.165) is 17.7 Å². The predicted molar refractivity (Wildman–Crippen MR) is 93.4 cm³/mol. The Kier molecular flexibility index (Phi) is 7.10. The second kappa shape index (κ2) is 9.10. The summed E-state index contributed by atoms with van der Waals surface area (Å²) in [6.45, 7) is 0.162. The summed E-state index contributed by atoms with van der Waals surface area (Å²) < 4.78 is 43.9. The Morgan fingerprint density at radius 1 is 1.15 bits per heavy atom. The summed E-state index contributed by atoms with van der Waals surface area (Å²) in [6.07, 6.45) is -4.48. The third kappa shape index (κ3) is 6.77. The number of carboxylic acid groups (broad SMARTS) is 1. The molecule has 0 amide bonds. The molecule has 2 rings (SSSR count). The molecule has 0 aliphatic carbocycles. The Morgan fingerprint density at radius 3 is 2.26 bits per heavy atom. The molecule has 0 aromatic heterocycles. The largest absolute Gasteiger partial charge is 0.549 e. The summed E-state index contributed by atoms with van der Waals surface area (Å²) in [7, 11) is 1.63. The number of halogens is 4. The monoisotopic (exact) mass is 400 g/mol. The van der Waals surface area contributed by atoms with E-state index in [1.54, 1.807) is 36.2 Å². The van der Waals surface area contributed by atoms with E-state index >= 15 is 0 Å². The van der Waals surface area contributed by atoms with Crippen molar-refractivity contribution < 1.29 is 27.8 Å². The van der Waals surface area contributed by atoms with Crippen molar-refractivity contribution in [3.8, 4) is 5.75 Å². The Labute approximate surface area is 160 Å². The van der Waals surface area contributed by atoms with Crippen LogP contribution < -0.4 is 9.84 Å². The van der Waals surface area contributed by atoms with E-state index in [1.807, 2.05) is 0 Å². The Balaban J connectivity index is 2.14. The summed E-state index contributed by atoms with van der Waals surface area (Å²) in [6, 6.07) is 11.3. The molecule has 1 unspecified atom stereocenters. The standard InChI is InChI=1S/C19H19ClF3NO3/c1-24(12-18(25)26)11-10-17(13-2-6-15(20)7-3-13)27-16-8-4-14(5-9-16)19(21,22)23/h2-9,17H,10-12H2,1H3,(H,25,26)/p-1. The minimum absolute atomic E-state index is 0.229. The topological polar surface area (TPSA) is 52.6 Å². The van der Waals surface area contributed by atoms with Gasteiger partial charge < -0.3 is 19.5 Å². The maximum absolute atomic E-state index is 12.7. The molecule has 0 N–H and O–H groups in total. The van der Waals surface area contributed by atoms with Crippen LogP contribution in [-0.2, 0) is 11.0 Å². The van der Waals surface area contributed by atoms with Crippen molar-refractivity contribution in [1.82, 2.24) is 4.90 Å². The predicted octanol–water partition coefficient (Wildman–Crippen LogP) is 3.55. The Bertz CT molecular complexity index is 748. The first kappa shape index (κ1) is 21.1. The van der Waals surface area contributed by atoms with Gasteiger partial charge in [0.1, 0.15) is 11.9 Å². The molecule has 0 bridgehead atoms. The van der Waals surface area contributed by atoms with Crippen LogP contribution in [0.25, 0.3) is 0 Å². The number of carbonyl (C=O) groups is 1. The number of likely N-dealkylation sites (N-methyl/N-ethyl adjacent to an activating group) is 1. The molecule has 1 atom stereocenters. The maximum atomic E-state index is 12.7. The zero-order valence-electron chi connectivity index (χ0n) is 14.5. The highest BCUT2D eigenvalue weighted by Crippen LogP contribution is 2.32. The second-order valence-corrected chi connectivity index (χ2v) is 6.52. The van der Waals surface area contributed by atoms with E-state index in [4.69, 9.17) is 16.3 Å². The second-order valence-electron chi connectivity index (χ2n) is 6.08. The van der Waals surface area contributed by atoms with Gasteiger partial charge in [0.2, 0.25) is 0 Å². The molecule has 0 spiro atoms. The number of carboxylic acids is 1. The van der Waals surface area contributed by atoms with Gasteiger partial charge in [-0.15, -0.1) is 0 Å². The molecular formula is C19H18ClF3NO3-. The van der Waals surface area contributed by atoms with Gasteiger partial charge in [-0.2, -0.15) is 13.2 Å². The molecule has 4 nitrogen and oxygen atoms in total. The van der Waals surface area contributed by atoms with E-state index in [1.165, 1.54) is 12.1 Å². The molecule has 0 fully saturated rings. The van der Waals surface area contributed by atoms with Crippen LogP contribution in [0.1, 0.15) is 23.7 Å². The van der Waals surface area contributed by atoms with E-state index < -0.39 is 23.8 Å². The number of hydrogen-bond donors (Lipinski definition) is 0. The molecule has 0 saturated carbocycles. The van der Waals surface area contributed by atoms with Crippen LogP contribution in [-0.4, -0.2) is 31.0 Å². The van der Waals surface area contributed by atoms with Gasteiger partial charge in [-0.3, -0.25) is 0 Å². The average Bonchev–Trinajstić information content (AvgIpc) is 2.58. The minimum Gasteiger partial charge on any atom is -0.549 e. The third-order valence-corrected chi connectivity index (χ3v) is 4.13. The number of ether oxygens (including phenoxy) is 1. The van der Waals surface area contributed by atoms with Crippen LogP contribution in [0.5, 0.6) is 5.75 Å². The smallest absolute Gasteiger partial charge is 0.416 e. The van der Waals surface area contributed by atoms with Gasteiger partial charge >= 0.3 is 6.18 Å². The van der Waals surface area contributed by atoms with Crippen molar-refractivity contribution in [2.45, 2.75) is 18.7 Å². The third-order valence-electron chi connectivity index (χ3n) is 3.87. The van der Waals surface area contributed by atoms with Crippen LogP contribution in [0.3, 0.4) is 0 Å². The van der Waals surface area contributed by atoms with Gasteiger partial charge in [-0.25, -0.2) is 0 Å². The SMILES string of the molecule is CN(CCC(Oc1ccc(C(F)(F)F)cc1)c1ccc(Cl)cc1)CC(=O)[O-]. The van der Waals surface area contributed by atoms with Gasteiger partial charge in [0, 0.05) is 24.5 Å². The van der Waals surface area contributed by atoms with Crippen LogP contribution in [0.4, 0.5) is 13.2 Å². The van der Waals surface area contributed by atoms with E-state index in [9.17, 15) is 23.1 Å².